The Morgan fingerprint density at radius 1 is 1.29 bits per heavy atom. The van der Waals surface area contributed by atoms with Crippen LogP contribution in [-0.4, -0.2) is 22.0 Å². The van der Waals surface area contributed by atoms with Crippen LogP contribution in [0.5, 0.6) is 0 Å². The first-order chi connectivity index (χ1) is 13.5. The van der Waals surface area contributed by atoms with E-state index in [0.29, 0.717) is 22.1 Å². The van der Waals surface area contributed by atoms with Gasteiger partial charge in [0.25, 0.3) is 0 Å². The Labute approximate surface area is 163 Å². The highest BCUT2D eigenvalue weighted by atomic mass is 35.5. The minimum Gasteiger partial charge on any atom is -0.346 e. The molecule has 1 aliphatic rings. The first kappa shape index (κ1) is 18.1. The maximum atomic E-state index is 13.4. The van der Waals surface area contributed by atoms with Crippen LogP contribution in [0.3, 0.4) is 0 Å². The summed E-state index contributed by atoms with van der Waals surface area (Å²) in [7, 11) is 0. The van der Waals surface area contributed by atoms with Crippen molar-refractivity contribution in [3.8, 4) is 11.4 Å². The van der Waals surface area contributed by atoms with E-state index in [1.807, 2.05) is 0 Å². The number of carbonyl (C=O) groups excluding carboxylic acids is 2. The third-order valence-corrected chi connectivity index (χ3v) is 4.61. The molecule has 2 N–H and O–H groups in total. The molecule has 1 aromatic heterocycles. The van der Waals surface area contributed by atoms with E-state index in [2.05, 4.69) is 20.8 Å². The predicted octanol–water partition coefficient (Wildman–Crippen LogP) is 3.27. The van der Waals surface area contributed by atoms with Crippen molar-refractivity contribution in [1.82, 2.24) is 15.5 Å². The Morgan fingerprint density at radius 2 is 2.07 bits per heavy atom. The van der Waals surface area contributed by atoms with Crippen molar-refractivity contribution >= 4 is 29.1 Å². The molecule has 0 spiro atoms. The van der Waals surface area contributed by atoms with Crippen molar-refractivity contribution < 1.29 is 18.5 Å². The smallest absolute Gasteiger partial charge is 0.246 e. The van der Waals surface area contributed by atoms with E-state index in [-0.39, 0.29) is 30.7 Å². The van der Waals surface area contributed by atoms with Gasteiger partial charge in [-0.25, -0.2) is 4.39 Å². The number of nitrogens with one attached hydrogen (secondary N) is 2. The van der Waals surface area contributed by atoms with Gasteiger partial charge in [-0.1, -0.05) is 22.8 Å². The number of hydrogen-bond donors (Lipinski definition) is 2. The predicted molar refractivity (Wildman–Crippen MR) is 99.0 cm³/mol. The molecule has 4 rings (SSSR count). The zero-order valence-electron chi connectivity index (χ0n) is 14.4. The number of aromatic nitrogens is 2. The average Bonchev–Trinajstić information content (AvgIpc) is 3.14. The number of amides is 2. The number of benzene rings is 2. The second-order valence-electron chi connectivity index (χ2n) is 6.27. The summed E-state index contributed by atoms with van der Waals surface area (Å²) in [4.78, 5) is 28.7. The van der Waals surface area contributed by atoms with Crippen LogP contribution >= 0.6 is 11.6 Å². The molecule has 2 amide bonds. The molecule has 7 nitrogen and oxygen atoms in total. The van der Waals surface area contributed by atoms with Crippen LogP contribution in [0.4, 0.5) is 10.1 Å². The molecule has 0 saturated heterocycles. The van der Waals surface area contributed by atoms with Gasteiger partial charge in [-0.05, 0) is 42.0 Å². The highest BCUT2D eigenvalue weighted by molar-refractivity contribution is 6.30. The first-order valence-corrected chi connectivity index (χ1v) is 8.83. The summed E-state index contributed by atoms with van der Waals surface area (Å²) < 4.78 is 18.6. The van der Waals surface area contributed by atoms with Crippen molar-refractivity contribution in [2.75, 3.05) is 5.32 Å². The Kier molecular flexibility index (Phi) is 4.79. The maximum absolute atomic E-state index is 13.4. The van der Waals surface area contributed by atoms with Crippen LogP contribution in [0.2, 0.25) is 5.02 Å². The monoisotopic (exact) mass is 400 g/mol. The Morgan fingerprint density at radius 3 is 2.86 bits per heavy atom. The molecule has 0 bridgehead atoms. The van der Waals surface area contributed by atoms with E-state index in [9.17, 15) is 14.0 Å². The number of halogens is 2. The lowest BCUT2D eigenvalue weighted by atomic mass is 9.89. The molecular formula is C19H14ClFN4O3. The molecule has 28 heavy (non-hydrogen) atoms. The van der Waals surface area contributed by atoms with Gasteiger partial charge < -0.3 is 15.2 Å². The number of hydrogen-bond acceptors (Lipinski definition) is 5. The molecule has 0 radical (unpaired) electrons. The largest absolute Gasteiger partial charge is 0.346 e. The second kappa shape index (κ2) is 7.40. The van der Waals surface area contributed by atoms with E-state index in [0.717, 1.165) is 5.56 Å². The van der Waals surface area contributed by atoms with Crippen LogP contribution in [0.1, 0.15) is 23.8 Å². The van der Waals surface area contributed by atoms with E-state index >= 15 is 0 Å². The van der Waals surface area contributed by atoms with Gasteiger partial charge in [0.15, 0.2) is 0 Å². The lowest BCUT2D eigenvalue weighted by Crippen LogP contribution is -2.34. The van der Waals surface area contributed by atoms with Gasteiger partial charge in [-0.2, -0.15) is 4.98 Å². The van der Waals surface area contributed by atoms with Gasteiger partial charge in [0.2, 0.25) is 23.5 Å². The third kappa shape index (κ3) is 3.72. The summed E-state index contributed by atoms with van der Waals surface area (Å²) in [6, 6.07) is 10.9. The highest BCUT2D eigenvalue weighted by Gasteiger charge is 2.31. The molecule has 3 aromatic rings. The molecule has 9 heteroatoms. The SMILES string of the molecule is O=C1CC(C(=O)NCc2nc(-c3ccc(Cl)cc3)no2)c2ccc(F)cc2N1. The van der Waals surface area contributed by atoms with E-state index < -0.39 is 11.7 Å². The molecule has 0 fully saturated rings. The second-order valence-corrected chi connectivity index (χ2v) is 6.71. The molecule has 2 heterocycles. The van der Waals surface area contributed by atoms with E-state index in [4.69, 9.17) is 16.1 Å². The third-order valence-electron chi connectivity index (χ3n) is 4.36. The average molecular weight is 401 g/mol. The van der Waals surface area contributed by atoms with Gasteiger partial charge >= 0.3 is 0 Å². The van der Waals surface area contributed by atoms with Gasteiger partial charge in [-0.15, -0.1) is 0 Å². The fourth-order valence-electron chi connectivity index (χ4n) is 3.00. The maximum Gasteiger partial charge on any atom is 0.246 e. The summed E-state index contributed by atoms with van der Waals surface area (Å²) in [6.45, 7) is 0.00801. The van der Waals surface area contributed by atoms with Crippen LogP contribution < -0.4 is 10.6 Å². The van der Waals surface area contributed by atoms with Crippen molar-refractivity contribution in [2.45, 2.75) is 18.9 Å². The highest BCUT2D eigenvalue weighted by Crippen LogP contribution is 2.32. The number of fused-ring (bicyclic) bond motifs is 1. The molecule has 1 aliphatic heterocycles. The number of nitrogens with zero attached hydrogens (tertiary/aromatic N) is 2. The van der Waals surface area contributed by atoms with Crippen molar-refractivity contribution in [2.24, 2.45) is 0 Å². The number of rotatable bonds is 4. The zero-order valence-corrected chi connectivity index (χ0v) is 15.2. The standard InChI is InChI=1S/C19H14ClFN4O3/c20-11-3-1-10(2-4-11)18-24-17(28-25-18)9-22-19(27)14-8-16(26)23-15-7-12(21)5-6-13(14)15/h1-7,14H,8-9H2,(H,22,27)(H,23,26). The molecule has 1 unspecified atom stereocenters. The Bertz CT molecular complexity index is 1050. The van der Waals surface area contributed by atoms with Crippen LogP contribution in [-0.2, 0) is 16.1 Å². The quantitative estimate of drug-likeness (QED) is 0.700. The summed E-state index contributed by atoms with van der Waals surface area (Å²) >= 11 is 5.86. The molecule has 2 aromatic carbocycles. The topological polar surface area (TPSA) is 97.1 Å². The lowest BCUT2D eigenvalue weighted by Gasteiger charge is -2.24. The van der Waals surface area contributed by atoms with Crippen LogP contribution in [0.25, 0.3) is 11.4 Å². The fraction of sp³-hybridized carbons (Fsp3) is 0.158. The van der Waals surface area contributed by atoms with Gasteiger partial charge in [0, 0.05) is 22.7 Å². The summed E-state index contributed by atoms with van der Waals surface area (Å²) in [5.74, 6) is -1.34. The number of carbonyl (C=O) groups is 2. The summed E-state index contributed by atoms with van der Waals surface area (Å²) in [5, 5.41) is 9.74. The van der Waals surface area contributed by atoms with Crippen molar-refractivity contribution in [3.05, 3.63) is 64.8 Å². The van der Waals surface area contributed by atoms with Crippen LogP contribution in [0, 0.1) is 5.82 Å². The van der Waals surface area contributed by atoms with E-state index in [1.165, 1.54) is 18.2 Å². The van der Waals surface area contributed by atoms with Gasteiger partial charge in [0.05, 0.1) is 12.5 Å². The Hall–Kier alpha value is -3.26. The molecule has 0 aliphatic carbocycles. The van der Waals surface area contributed by atoms with E-state index in [1.54, 1.807) is 24.3 Å². The molecule has 1 atom stereocenters. The van der Waals surface area contributed by atoms with Gasteiger partial charge in [0.1, 0.15) is 5.82 Å². The van der Waals surface area contributed by atoms with Gasteiger partial charge in [-0.3, -0.25) is 9.59 Å². The number of anilines is 1. The zero-order chi connectivity index (χ0) is 19.7. The molecule has 142 valence electrons. The van der Waals surface area contributed by atoms with Crippen molar-refractivity contribution in [1.29, 1.82) is 0 Å². The first-order valence-electron chi connectivity index (χ1n) is 8.45. The van der Waals surface area contributed by atoms with Crippen LogP contribution in [0.15, 0.2) is 47.0 Å². The lowest BCUT2D eigenvalue weighted by molar-refractivity contribution is -0.126. The summed E-state index contributed by atoms with van der Waals surface area (Å²) in [5.41, 5.74) is 1.59. The van der Waals surface area contributed by atoms with Crippen molar-refractivity contribution in [3.63, 3.8) is 0 Å². The Balaban J connectivity index is 1.45. The normalized spacial score (nSPS) is 15.6. The fourth-order valence-corrected chi connectivity index (χ4v) is 3.13. The molecule has 0 saturated carbocycles. The molecular weight excluding hydrogens is 387 g/mol. The summed E-state index contributed by atoms with van der Waals surface area (Å²) in [6.07, 6.45) is -0.0235. The minimum absolute atomic E-state index is 0.00801. The minimum atomic E-state index is -0.719.